The van der Waals surface area contributed by atoms with Crippen molar-refractivity contribution in [2.24, 2.45) is 0 Å². The second-order valence-electron chi connectivity index (χ2n) is 7.29. The van der Waals surface area contributed by atoms with Gasteiger partial charge < -0.3 is 10.0 Å². The van der Waals surface area contributed by atoms with Crippen LogP contribution >= 0.6 is 11.6 Å². The molecule has 2 aromatic rings. The van der Waals surface area contributed by atoms with Crippen LogP contribution in [0.25, 0.3) is 0 Å². The van der Waals surface area contributed by atoms with Crippen LogP contribution in [-0.2, 0) is 12.8 Å². The maximum absolute atomic E-state index is 11.9. The number of halogens is 1. The Morgan fingerprint density at radius 3 is 2.68 bits per heavy atom. The fraction of sp³-hybridized carbons (Fsp3) is 0.381. The molecular weight excluding hydrogens is 334 g/mol. The van der Waals surface area contributed by atoms with Crippen LogP contribution in [0.2, 0.25) is 5.02 Å². The number of benzene rings is 2. The van der Waals surface area contributed by atoms with Crippen molar-refractivity contribution in [1.29, 1.82) is 0 Å². The molecule has 4 heteroatoms. The van der Waals surface area contributed by atoms with Crippen LogP contribution in [0.5, 0.6) is 5.75 Å². The number of hydrogen-bond acceptors (Lipinski definition) is 3. The number of nitrogens with zero attached hydrogens (tertiary/aromatic N) is 1. The number of hydrogen-bond donors (Lipinski definition) is 1. The molecular formula is C21H22ClNO2. The summed E-state index contributed by atoms with van der Waals surface area (Å²) >= 11 is 6.17. The van der Waals surface area contributed by atoms with Gasteiger partial charge in [-0.2, -0.15) is 0 Å². The predicted octanol–water partition coefficient (Wildman–Crippen LogP) is 4.18. The topological polar surface area (TPSA) is 40.5 Å². The van der Waals surface area contributed by atoms with Crippen LogP contribution < -0.4 is 0 Å². The van der Waals surface area contributed by atoms with Crippen molar-refractivity contribution in [1.82, 2.24) is 4.90 Å². The van der Waals surface area contributed by atoms with Crippen LogP contribution in [0.4, 0.5) is 0 Å². The SMILES string of the molecule is CC(=O)c1ccc2c(c1)[C@@H]1c3cc(O)c(Cl)cc3CCN(C)[C@H]1CC2. The third-order valence-corrected chi connectivity index (χ3v) is 6.13. The Hall–Kier alpha value is -1.84. The fourth-order valence-corrected chi connectivity index (χ4v) is 4.63. The average Bonchev–Trinajstić information content (AvgIpc) is 2.73. The second kappa shape index (κ2) is 6.15. The zero-order chi connectivity index (χ0) is 17.7. The second-order valence-corrected chi connectivity index (χ2v) is 7.69. The Balaban J connectivity index is 1.95. The van der Waals surface area contributed by atoms with E-state index in [4.69, 9.17) is 11.6 Å². The Labute approximate surface area is 153 Å². The van der Waals surface area contributed by atoms with Crippen LogP contribution in [0.1, 0.15) is 51.9 Å². The van der Waals surface area contributed by atoms with Gasteiger partial charge >= 0.3 is 0 Å². The van der Waals surface area contributed by atoms with Gasteiger partial charge in [-0.25, -0.2) is 0 Å². The predicted molar refractivity (Wildman–Crippen MR) is 99.8 cm³/mol. The molecule has 0 aromatic heterocycles. The van der Waals surface area contributed by atoms with E-state index in [2.05, 4.69) is 24.1 Å². The van der Waals surface area contributed by atoms with E-state index in [1.807, 2.05) is 18.2 Å². The van der Waals surface area contributed by atoms with Crippen LogP contribution in [-0.4, -0.2) is 35.4 Å². The average molecular weight is 356 g/mol. The number of fused-ring (bicyclic) bond motifs is 5. The number of aromatic hydroxyl groups is 1. The molecule has 0 bridgehead atoms. The van der Waals surface area contributed by atoms with E-state index in [0.29, 0.717) is 11.1 Å². The van der Waals surface area contributed by atoms with E-state index in [9.17, 15) is 9.90 Å². The van der Waals surface area contributed by atoms with Crippen molar-refractivity contribution in [3.05, 3.63) is 63.2 Å². The first-order valence-electron chi connectivity index (χ1n) is 8.81. The van der Waals surface area contributed by atoms with Crippen molar-refractivity contribution >= 4 is 17.4 Å². The molecule has 2 atom stereocenters. The van der Waals surface area contributed by atoms with Gasteiger partial charge in [0, 0.05) is 24.1 Å². The van der Waals surface area contributed by atoms with Crippen molar-refractivity contribution in [2.45, 2.75) is 38.1 Å². The molecule has 25 heavy (non-hydrogen) atoms. The lowest BCUT2D eigenvalue weighted by Gasteiger charge is -2.38. The molecule has 1 aliphatic heterocycles. The van der Waals surface area contributed by atoms with E-state index < -0.39 is 0 Å². The summed E-state index contributed by atoms with van der Waals surface area (Å²) in [6, 6.07) is 10.2. The summed E-state index contributed by atoms with van der Waals surface area (Å²) in [6.07, 6.45) is 3.02. The Kier molecular flexibility index (Phi) is 4.09. The zero-order valence-corrected chi connectivity index (χ0v) is 15.3. The minimum Gasteiger partial charge on any atom is -0.506 e. The number of likely N-dealkylation sites (N-methyl/N-ethyl adjacent to an activating group) is 1. The molecule has 130 valence electrons. The lowest BCUT2D eigenvalue weighted by Crippen LogP contribution is -2.39. The monoisotopic (exact) mass is 355 g/mol. The summed E-state index contributed by atoms with van der Waals surface area (Å²) in [5.41, 5.74) is 5.63. The molecule has 0 amide bonds. The number of ketones is 1. The Bertz CT molecular complexity index is 861. The number of phenols is 1. The van der Waals surface area contributed by atoms with Crippen molar-refractivity contribution in [3.8, 4) is 5.75 Å². The Morgan fingerprint density at radius 1 is 1.16 bits per heavy atom. The van der Waals surface area contributed by atoms with Crippen molar-refractivity contribution in [3.63, 3.8) is 0 Å². The molecule has 0 fully saturated rings. The van der Waals surface area contributed by atoms with Crippen molar-refractivity contribution < 1.29 is 9.90 Å². The molecule has 0 saturated heterocycles. The summed E-state index contributed by atoms with van der Waals surface area (Å²) in [7, 11) is 2.17. The summed E-state index contributed by atoms with van der Waals surface area (Å²) in [5, 5.41) is 10.6. The van der Waals surface area contributed by atoms with E-state index in [-0.39, 0.29) is 17.5 Å². The molecule has 0 radical (unpaired) electrons. The molecule has 1 N–H and O–H groups in total. The van der Waals surface area contributed by atoms with Crippen LogP contribution in [0, 0.1) is 0 Å². The van der Waals surface area contributed by atoms with Gasteiger partial charge in [0.05, 0.1) is 5.02 Å². The molecule has 0 saturated carbocycles. The summed E-state index contributed by atoms with van der Waals surface area (Å²) in [5.74, 6) is 0.387. The van der Waals surface area contributed by atoms with Gasteiger partial charge in [-0.05, 0) is 73.7 Å². The minimum absolute atomic E-state index is 0.0890. The quantitative estimate of drug-likeness (QED) is 0.780. The number of carbonyl (C=O) groups excluding carboxylic acids is 1. The molecule has 3 nitrogen and oxygen atoms in total. The molecule has 2 aromatic carbocycles. The largest absolute Gasteiger partial charge is 0.506 e. The van der Waals surface area contributed by atoms with E-state index in [1.165, 1.54) is 16.7 Å². The van der Waals surface area contributed by atoms with Gasteiger partial charge in [-0.3, -0.25) is 4.79 Å². The zero-order valence-electron chi connectivity index (χ0n) is 14.6. The third-order valence-electron chi connectivity index (χ3n) is 5.83. The van der Waals surface area contributed by atoms with Gasteiger partial charge in [0.25, 0.3) is 0 Å². The number of rotatable bonds is 1. The highest BCUT2D eigenvalue weighted by molar-refractivity contribution is 6.32. The summed E-state index contributed by atoms with van der Waals surface area (Å²) in [4.78, 5) is 14.3. The normalized spacial score (nSPS) is 22.5. The number of Topliss-reactive ketones (excluding diaryl/α,β-unsaturated/α-hetero) is 1. The van der Waals surface area contributed by atoms with E-state index >= 15 is 0 Å². The van der Waals surface area contributed by atoms with Crippen LogP contribution in [0.15, 0.2) is 30.3 Å². The first-order valence-corrected chi connectivity index (χ1v) is 9.19. The number of aryl methyl sites for hydroxylation is 1. The van der Waals surface area contributed by atoms with Gasteiger partial charge in [-0.15, -0.1) is 0 Å². The first kappa shape index (κ1) is 16.6. The lowest BCUT2D eigenvalue weighted by atomic mass is 9.74. The fourth-order valence-electron chi connectivity index (χ4n) is 4.45. The maximum atomic E-state index is 11.9. The highest BCUT2D eigenvalue weighted by Crippen LogP contribution is 2.44. The number of phenolic OH excluding ortho intramolecular Hbond substituents is 1. The molecule has 1 heterocycles. The molecule has 4 rings (SSSR count). The highest BCUT2D eigenvalue weighted by Gasteiger charge is 2.37. The molecule has 0 unspecified atom stereocenters. The van der Waals surface area contributed by atoms with Gasteiger partial charge in [0.15, 0.2) is 5.78 Å². The third kappa shape index (κ3) is 2.76. The lowest BCUT2D eigenvalue weighted by molar-refractivity contribution is 0.101. The minimum atomic E-state index is 0.0890. The van der Waals surface area contributed by atoms with E-state index in [0.717, 1.165) is 36.9 Å². The van der Waals surface area contributed by atoms with E-state index in [1.54, 1.807) is 6.92 Å². The molecule has 0 spiro atoms. The first-order chi connectivity index (χ1) is 12.0. The van der Waals surface area contributed by atoms with Crippen LogP contribution in [0.3, 0.4) is 0 Å². The van der Waals surface area contributed by atoms with Gasteiger partial charge in [-0.1, -0.05) is 23.7 Å². The molecule has 2 aliphatic rings. The Morgan fingerprint density at radius 2 is 1.92 bits per heavy atom. The maximum Gasteiger partial charge on any atom is 0.159 e. The standard InChI is InChI=1S/C21H22ClNO2/c1-12(24)14-4-3-13-5-6-19-21(16(13)9-14)17-11-20(25)18(22)10-15(17)7-8-23(19)2/h3-4,9-11,19,21,25H,5-8H2,1-2H3/t19-,21+/m0/s1. The smallest absolute Gasteiger partial charge is 0.159 e. The van der Waals surface area contributed by atoms with Gasteiger partial charge in [0.1, 0.15) is 5.75 Å². The summed E-state index contributed by atoms with van der Waals surface area (Å²) in [6.45, 7) is 2.58. The molecule has 1 aliphatic carbocycles. The summed E-state index contributed by atoms with van der Waals surface area (Å²) < 4.78 is 0. The number of carbonyl (C=O) groups is 1. The van der Waals surface area contributed by atoms with Gasteiger partial charge in [0.2, 0.25) is 0 Å². The highest BCUT2D eigenvalue weighted by atomic mass is 35.5. The van der Waals surface area contributed by atoms with Crippen molar-refractivity contribution in [2.75, 3.05) is 13.6 Å².